The summed E-state index contributed by atoms with van der Waals surface area (Å²) in [5.41, 5.74) is 0. The van der Waals surface area contributed by atoms with Gasteiger partial charge in [-0.25, -0.2) is 9.80 Å². The lowest BCUT2D eigenvalue weighted by Crippen LogP contribution is -2.50. The zero-order valence-electron chi connectivity index (χ0n) is 12.2. The number of hydrogen-bond donors (Lipinski definition) is 2. The first-order valence-electron chi connectivity index (χ1n) is 7.20. The number of halogens is 3. The summed E-state index contributed by atoms with van der Waals surface area (Å²) in [6, 6.07) is 2.19. The third-order valence-corrected chi connectivity index (χ3v) is 4.33. The fourth-order valence-electron chi connectivity index (χ4n) is 3.12. The SMILES string of the molecule is N#CC1C[C@@H]2C[C@@H]2N1C(=O)[C@@H]1CCCN1N.O=C(O)C(F)(F)F. The number of nitriles is 1. The average Bonchev–Trinajstić information content (AvgIpc) is 2.92. The first kappa shape index (κ1) is 17.5. The summed E-state index contributed by atoms with van der Waals surface area (Å²) in [7, 11) is 0. The van der Waals surface area contributed by atoms with Crippen LogP contribution in [0.15, 0.2) is 0 Å². The summed E-state index contributed by atoms with van der Waals surface area (Å²) in [6.45, 7) is 0.787. The van der Waals surface area contributed by atoms with E-state index in [1.54, 1.807) is 9.91 Å². The highest BCUT2D eigenvalue weighted by atomic mass is 19.4. The number of alkyl halides is 3. The van der Waals surface area contributed by atoms with Gasteiger partial charge in [0.05, 0.1) is 6.07 Å². The van der Waals surface area contributed by atoms with E-state index in [0.717, 1.165) is 32.2 Å². The van der Waals surface area contributed by atoms with Crippen molar-refractivity contribution in [3.63, 3.8) is 0 Å². The van der Waals surface area contributed by atoms with Gasteiger partial charge in [0.1, 0.15) is 12.1 Å². The Morgan fingerprint density at radius 2 is 1.91 bits per heavy atom. The molecule has 0 aromatic heterocycles. The second-order valence-electron chi connectivity index (χ2n) is 5.89. The highest BCUT2D eigenvalue weighted by Crippen LogP contribution is 2.48. The smallest absolute Gasteiger partial charge is 0.475 e. The minimum absolute atomic E-state index is 0.0801. The molecule has 2 aliphatic heterocycles. The van der Waals surface area contributed by atoms with E-state index >= 15 is 0 Å². The number of carbonyl (C=O) groups is 2. The van der Waals surface area contributed by atoms with Gasteiger partial charge in [0.2, 0.25) is 5.91 Å². The van der Waals surface area contributed by atoms with E-state index in [2.05, 4.69) is 6.07 Å². The zero-order chi connectivity index (χ0) is 17.4. The minimum Gasteiger partial charge on any atom is -0.475 e. The molecule has 1 aliphatic carbocycles. The second kappa shape index (κ2) is 6.33. The third kappa shape index (κ3) is 3.73. The van der Waals surface area contributed by atoms with E-state index < -0.39 is 12.1 Å². The van der Waals surface area contributed by atoms with Crippen LogP contribution in [-0.4, -0.2) is 57.7 Å². The average molecular weight is 334 g/mol. The molecule has 3 aliphatic rings. The molecule has 0 aromatic rings. The molecule has 23 heavy (non-hydrogen) atoms. The van der Waals surface area contributed by atoms with Crippen molar-refractivity contribution in [1.29, 1.82) is 5.26 Å². The van der Waals surface area contributed by atoms with Gasteiger partial charge in [-0.05, 0) is 31.6 Å². The maximum absolute atomic E-state index is 12.3. The third-order valence-electron chi connectivity index (χ3n) is 4.33. The predicted molar refractivity (Wildman–Crippen MR) is 70.4 cm³/mol. The summed E-state index contributed by atoms with van der Waals surface area (Å²) < 4.78 is 31.7. The van der Waals surface area contributed by atoms with Gasteiger partial charge < -0.3 is 10.0 Å². The standard InChI is InChI=1S/C11H16N4O.C2HF3O2/c12-6-8-4-7-5-10(7)15(8)11(16)9-2-1-3-14(9)13;3-2(4,5)1(6)7/h7-10H,1-5,13H2;(H,6,7)/t7-,8?,9+,10+;/m1./s1. The Balaban J connectivity index is 0.000000236. The topological polar surface area (TPSA) is 111 Å². The van der Waals surface area contributed by atoms with Crippen LogP contribution in [0.25, 0.3) is 0 Å². The van der Waals surface area contributed by atoms with Crippen LogP contribution >= 0.6 is 0 Å². The molecular formula is C13H17F3N4O3. The van der Waals surface area contributed by atoms with Crippen molar-refractivity contribution in [3.8, 4) is 6.07 Å². The summed E-state index contributed by atoms with van der Waals surface area (Å²) in [5, 5.41) is 17.8. The number of nitrogens with two attached hydrogens (primary N) is 1. The monoisotopic (exact) mass is 334 g/mol. The van der Waals surface area contributed by atoms with Gasteiger partial charge in [0.15, 0.2) is 0 Å². The maximum atomic E-state index is 12.3. The first-order valence-corrected chi connectivity index (χ1v) is 7.20. The Hall–Kier alpha value is -1.86. The lowest BCUT2D eigenvalue weighted by molar-refractivity contribution is -0.192. The van der Waals surface area contributed by atoms with E-state index in [-0.39, 0.29) is 18.0 Å². The predicted octanol–water partition coefficient (Wildman–Crippen LogP) is 0.471. The molecule has 7 nitrogen and oxygen atoms in total. The van der Waals surface area contributed by atoms with Crippen LogP contribution in [0.3, 0.4) is 0 Å². The number of nitrogens with zero attached hydrogens (tertiary/aromatic N) is 3. The molecule has 1 saturated carbocycles. The van der Waals surface area contributed by atoms with Crippen LogP contribution in [0.2, 0.25) is 0 Å². The van der Waals surface area contributed by atoms with E-state index in [4.69, 9.17) is 21.0 Å². The molecule has 4 atom stereocenters. The van der Waals surface area contributed by atoms with Crippen LogP contribution in [0, 0.1) is 17.2 Å². The molecule has 0 radical (unpaired) electrons. The molecule has 0 aromatic carbocycles. The molecule has 0 bridgehead atoms. The maximum Gasteiger partial charge on any atom is 0.490 e. The van der Waals surface area contributed by atoms with Gasteiger partial charge in [0.25, 0.3) is 0 Å². The number of hydrogen-bond acceptors (Lipinski definition) is 5. The fourth-order valence-corrected chi connectivity index (χ4v) is 3.12. The summed E-state index contributed by atoms with van der Waals surface area (Å²) in [4.78, 5) is 23.0. The number of carbonyl (C=O) groups excluding carboxylic acids is 1. The quantitative estimate of drug-likeness (QED) is 0.675. The number of likely N-dealkylation sites (tertiary alicyclic amines) is 1. The van der Waals surface area contributed by atoms with Gasteiger partial charge in [-0.3, -0.25) is 10.6 Å². The van der Waals surface area contributed by atoms with E-state index in [1.165, 1.54) is 0 Å². The van der Waals surface area contributed by atoms with Crippen molar-refractivity contribution in [2.45, 2.75) is 50.0 Å². The van der Waals surface area contributed by atoms with Crippen molar-refractivity contribution in [3.05, 3.63) is 0 Å². The van der Waals surface area contributed by atoms with Crippen molar-refractivity contribution in [1.82, 2.24) is 9.91 Å². The highest BCUT2D eigenvalue weighted by Gasteiger charge is 2.55. The number of carboxylic acids is 1. The Morgan fingerprint density at radius 1 is 1.30 bits per heavy atom. The van der Waals surface area contributed by atoms with E-state index in [0.29, 0.717) is 12.0 Å². The lowest BCUT2D eigenvalue weighted by atomic mass is 10.1. The molecule has 128 valence electrons. The highest BCUT2D eigenvalue weighted by molar-refractivity contribution is 5.84. The Labute approximate surface area is 130 Å². The summed E-state index contributed by atoms with van der Waals surface area (Å²) in [6.07, 6.45) is -1.32. The van der Waals surface area contributed by atoms with Gasteiger partial charge in [-0.1, -0.05) is 0 Å². The first-order chi connectivity index (χ1) is 10.7. The minimum atomic E-state index is -5.08. The van der Waals surface area contributed by atoms with Crippen molar-refractivity contribution >= 4 is 11.9 Å². The van der Waals surface area contributed by atoms with Crippen LogP contribution in [0.5, 0.6) is 0 Å². The van der Waals surface area contributed by atoms with Crippen LogP contribution < -0.4 is 5.84 Å². The van der Waals surface area contributed by atoms with Crippen molar-refractivity contribution < 1.29 is 27.9 Å². The van der Waals surface area contributed by atoms with Crippen LogP contribution in [0.4, 0.5) is 13.2 Å². The van der Waals surface area contributed by atoms with Gasteiger partial charge in [-0.15, -0.1) is 0 Å². The number of carboxylic acid groups (broad SMARTS) is 1. The van der Waals surface area contributed by atoms with Gasteiger partial charge in [0, 0.05) is 12.6 Å². The Kier molecular flexibility index (Phi) is 4.81. The van der Waals surface area contributed by atoms with E-state index in [9.17, 15) is 18.0 Å². The van der Waals surface area contributed by atoms with Crippen molar-refractivity contribution in [2.24, 2.45) is 11.8 Å². The number of piperidine rings is 1. The van der Waals surface area contributed by atoms with Gasteiger partial charge in [-0.2, -0.15) is 18.4 Å². The molecule has 3 N–H and O–H groups in total. The van der Waals surface area contributed by atoms with Crippen molar-refractivity contribution in [2.75, 3.05) is 6.54 Å². The lowest BCUT2D eigenvalue weighted by Gasteiger charge is -2.28. The molecule has 0 spiro atoms. The molecule has 10 heteroatoms. The fraction of sp³-hybridized carbons (Fsp3) is 0.769. The normalized spacial score (nSPS) is 32.6. The molecule has 2 heterocycles. The Bertz CT molecular complexity index is 534. The number of aliphatic carboxylic acids is 1. The van der Waals surface area contributed by atoms with E-state index in [1.807, 2.05) is 0 Å². The summed E-state index contributed by atoms with van der Waals surface area (Å²) >= 11 is 0. The number of amides is 1. The van der Waals surface area contributed by atoms with Crippen LogP contribution in [0.1, 0.15) is 25.7 Å². The molecule has 3 fully saturated rings. The Morgan fingerprint density at radius 3 is 2.35 bits per heavy atom. The largest absolute Gasteiger partial charge is 0.490 e. The number of hydrazine groups is 1. The number of rotatable bonds is 1. The molecule has 1 amide bonds. The number of fused-ring (bicyclic) bond motifs is 1. The van der Waals surface area contributed by atoms with Crippen LogP contribution in [-0.2, 0) is 9.59 Å². The molecule has 3 rings (SSSR count). The second-order valence-corrected chi connectivity index (χ2v) is 5.89. The zero-order valence-corrected chi connectivity index (χ0v) is 12.2. The molecule has 1 unspecified atom stereocenters. The summed E-state index contributed by atoms with van der Waals surface area (Å²) in [5.74, 6) is 3.70. The van der Waals surface area contributed by atoms with Gasteiger partial charge >= 0.3 is 12.1 Å². The molecular weight excluding hydrogens is 317 g/mol. The molecule has 2 saturated heterocycles.